The van der Waals surface area contributed by atoms with Gasteiger partial charge >= 0.3 is 0 Å². The molecule has 104 valence electrons. The smallest absolute Gasteiger partial charge is 0.151 e. The van der Waals surface area contributed by atoms with Gasteiger partial charge < -0.3 is 4.98 Å². The maximum absolute atomic E-state index is 13.8. The first-order chi connectivity index (χ1) is 10.3. The number of hydrogen-bond acceptors (Lipinski definition) is 1. The Kier molecular flexibility index (Phi) is 2.16. The number of benzene rings is 2. The third-order valence-corrected chi connectivity index (χ3v) is 5.13. The largest absolute Gasteiger partial charge is 0.342 e. The highest BCUT2D eigenvalue weighted by Crippen LogP contribution is 2.64. The molecule has 0 amide bonds. The van der Waals surface area contributed by atoms with Crippen molar-refractivity contribution in [2.24, 2.45) is 5.92 Å². The second kappa shape index (κ2) is 3.94. The molecule has 5 rings (SSSR count). The van der Waals surface area contributed by atoms with Crippen molar-refractivity contribution in [2.75, 3.05) is 0 Å². The average Bonchev–Trinajstić information content (AvgIpc) is 3.10. The summed E-state index contributed by atoms with van der Waals surface area (Å²) in [4.78, 5) is 7.88. The van der Waals surface area contributed by atoms with Crippen molar-refractivity contribution in [2.45, 2.75) is 24.7 Å². The Morgan fingerprint density at radius 3 is 2.86 bits per heavy atom. The van der Waals surface area contributed by atoms with Gasteiger partial charge in [-0.25, -0.2) is 9.37 Å². The molecule has 1 fully saturated rings. The van der Waals surface area contributed by atoms with Crippen LogP contribution in [0, 0.1) is 11.7 Å². The van der Waals surface area contributed by atoms with Crippen molar-refractivity contribution in [3.63, 3.8) is 0 Å². The molecule has 1 N–H and O–H groups in total. The van der Waals surface area contributed by atoms with E-state index in [0.29, 0.717) is 23.3 Å². The summed E-state index contributed by atoms with van der Waals surface area (Å²) in [6.45, 7) is 0. The maximum atomic E-state index is 13.8. The minimum absolute atomic E-state index is 0.237. The van der Waals surface area contributed by atoms with Gasteiger partial charge in [-0.1, -0.05) is 30.3 Å². The molecule has 1 saturated carbocycles. The van der Waals surface area contributed by atoms with Gasteiger partial charge in [-0.15, -0.1) is 0 Å². The standard InChI is InChI=1S/C18H15FN2/c19-13-6-3-7-14-17(13)21-18(20-14)16-12-9-8-10-4-1-2-5-11(10)15(12)16/h1-7,12,15-16H,8-9H2,(H,20,21). The molecule has 21 heavy (non-hydrogen) atoms. The molecule has 3 atom stereocenters. The lowest BCUT2D eigenvalue weighted by atomic mass is 9.92. The maximum Gasteiger partial charge on any atom is 0.151 e. The Labute approximate surface area is 122 Å². The fourth-order valence-electron chi connectivity index (χ4n) is 4.11. The molecule has 1 heterocycles. The molecule has 1 aromatic heterocycles. The van der Waals surface area contributed by atoms with Crippen molar-refractivity contribution >= 4 is 11.0 Å². The second-order valence-corrected chi connectivity index (χ2v) is 6.21. The van der Waals surface area contributed by atoms with Crippen LogP contribution in [0.1, 0.15) is 35.2 Å². The van der Waals surface area contributed by atoms with Crippen LogP contribution in [0.4, 0.5) is 4.39 Å². The van der Waals surface area contributed by atoms with E-state index in [0.717, 1.165) is 17.8 Å². The van der Waals surface area contributed by atoms with Crippen LogP contribution in [0.25, 0.3) is 11.0 Å². The van der Waals surface area contributed by atoms with Gasteiger partial charge in [0.2, 0.25) is 0 Å². The molecule has 3 aromatic rings. The number of aryl methyl sites for hydroxylation is 1. The van der Waals surface area contributed by atoms with E-state index in [1.165, 1.54) is 23.6 Å². The van der Waals surface area contributed by atoms with Crippen LogP contribution < -0.4 is 0 Å². The zero-order chi connectivity index (χ0) is 14.0. The first-order valence-electron chi connectivity index (χ1n) is 7.55. The molecule has 2 nitrogen and oxygen atoms in total. The molecule has 3 heteroatoms. The summed E-state index contributed by atoms with van der Waals surface area (Å²) in [5.41, 5.74) is 4.23. The van der Waals surface area contributed by atoms with Crippen LogP contribution in [0.2, 0.25) is 0 Å². The molecular weight excluding hydrogens is 263 g/mol. The summed E-state index contributed by atoms with van der Waals surface area (Å²) in [5.74, 6) is 2.39. The monoisotopic (exact) mass is 278 g/mol. The minimum atomic E-state index is -0.237. The van der Waals surface area contributed by atoms with Crippen molar-refractivity contribution in [1.82, 2.24) is 9.97 Å². The Balaban J connectivity index is 1.59. The summed E-state index contributed by atoms with van der Waals surface area (Å²) in [6, 6.07) is 13.8. The van der Waals surface area contributed by atoms with Gasteiger partial charge in [0.1, 0.15) is 11.3 Å². The Bertz CT molecular complexity index is 851. The predicted octanol–water partition coefficient (Wildman–Crippen LogP) is 4.15. The topological polar surface area (TPSA) is 28.7 Å². The highest BCUT2D eigenvalue weighted by atomic mass is 19.1. The number of rotatable bonds is 1. The van der Waals surface area contributed by atoms with Gasteiger partial charge in [-0.2, -0.15) is 0 Å². The molecule has 2 aromatic carbocycles. The summed E-state index contributed by atoms with van der Waals surface area (Å²) in [7, 11) is 0. The number of aromatic nitrogens is 2. The number of para-hydroxylation sites is 1. The van der Waals surface area contributed by atoms with E-state index in [1.807, 2.05) is 6.07 Å². The molecule has 3 unspecified atom stereocenters. The van der Waals surface area contributed by atoms with Crippen molar-refractivity contribution in [3.05, 3.63) is 65.2 Å². The zero-order valence-corrected chi connectivity index (χ0v) is 11.5. The number of fused-ring (bicyclic) bond motifs is 4. The van der Waals surface area contributed by atoms with Gasteiger partial charge in [0, 0.05) is 5.92 Å². The van der Waals surface area contributed by atoms with Gasteiger partial charge in [0.05, 0.1) is 5.52 Å². The Morgan fingerprint density at radius 2 is 1.95 bits per heavy atom. The quantitative estimate of drug-likeness (QED) is 0.712. The van der Waals surface area contributed by atoms with Crippen molar-refractivity contribution < 1.29 is 4.39 Å². The van der Waals surface area contributed by atoms with Crippen LogP contribution in [0.3, 0.4) is 0 Å². The first kappa shape index (κ1) is 11.5. The molecule has 0 saturated heterocycles. The summed E-state index contributed by atoms with van der Waals surface area (Å²) < 4.78 is 13.8. The number of halogens is 1. The first-order valence-corrected chi connectivity index (χ1v) is 7.55. The summed E-state index contributed by atoms with van der Waals surface area (Å²) >= 11 is 0. The van der Waals surface area contributed by atoms with E-state index in [4.69, 9.17) is 0 Å². The number of nitrogens with zero attached hydrogens (tertiary/aromatic N) is 1. The van der Waals surface area contributed by atoms with Gasteiger partial charge in [0.15, 0.2) is 5.82 Å². The third-order valence-electron chi connectivity index (χ3n) is 5.13. The highest BCUT2D eigenvalue weighted by Gasteiger charge is 2.55. The van der Waals surface area contributed by atoms with Crippen LogP contribution in [-0.2, 0) is 6.42 Å². The molecule has 2 aliphatic carbocycles. The van der Waals surface area contributed by atoms with Crippen LogP contribution in [0.5, 0.6) is 0 Å². The predicted molar refractivity (Wildman–Crippen MR) is 79.8 cm³/mol. The molecule has 0 aliphatic heterocycles. The SMILES string of the molecule is Fc1cccc2[nH]c(C3C4CCc5ccccc5C43)nc12. The number of imidazole rings is 1. The van der Waals surface area contributed by atoms with Gasteiger partial charge in [-0.3, -0.25) is 0 Å². The van der Waals surface area contributed by atoms with E-state index in [2.05, 4.69) is 34.2 Å². The van der Waals surface area contributed by atoms with E-state index in [-0.39, 0.29) is 5.82 Å². The van der Waals surface area contributed by atoms with Crippen LogP contribution >= 0.6 is 0 Å². The minimum Gasteiger partial charge on any atom is -0.342 e. The average molecular weight is 278 g/mol. The highest BCUT2D eigenvalue weighted by molar-refractivity contribution is 5.76. The second-order valence-electron chi connectivity index (χ2n) is 6.21. The van der Waals surface area contributed by atoms with Gasteiger partial charge in [-0.05, 0) is 47.9 Å². The summed E-state index contributed by atoms with van der Waals surface area (Å²) in [5, 5.41) is 0. The van der Waals surface area contributed by atoms with E-state index < -0.39 is 0 Å². The molecule has 0 radical (unpaired) electrons. The lowest BCUT2D eigenvalue weighted by molar-refractivity contribution is 0.636. The van der Waals surface area contributed by atoms with Crippen LogP contribution in [0.15, 0.2) is 42.5 Å². The summed E-state index contributed by atoms with van der Waals surface area (Å²) in [6.07, 6.45) is 2.37. The fraction of sp³-hybridized carbons (Fsp3) is 0.278. The number of aromatic amines is 1. The molecular formula is C18H15FN2. The zero-order valence-electron chi connectivity index (χ0n) is 11.5. The fourth-order valence-corrected chi connectivity index (χ4v) is 4.11. The Morgan fingerprint density at radius 1 is 1.05 bits per heavy atom. The number of hydrogen-bond donors (Lipinski definition) is 1. The molecule has 0 spiro atoms. The lowest BCUT2D eigenvalue weighted by Gasteiger charge is -2.13. The van der Waals surface area contributed by atoms with Crippen molar-refractivity contribution in [1.29, 1.82) is 0 Å². The van der Waals surface area contributed by atoms with E-state index >= 15 is 0 Å². The van der Waals surface area contributed by atoms with Crippen LogP contribution in [-0.4, -0.2) is 9.97 Å². The number of H-pyrrole nitrogens is 1. The lowest BCUT2D eigenvalue weighted by Crippen LogP contribution is -2.00. The van der Waals surface area contributed by atoms with Gasteiger partial charge in [0.25, 0.3) is 0 Å². The van der Waals surface area contributed by atoms with Crippen molar-refractivity contribution in [3.8, 4) is 0 Å². The number of nitrogens with one attached hydrogen (secondary N) is 1. The third kappa shape index (κ3) is 1.54. The van der Waals surface area contributed by atoms with E-state index in [1.54, 1.807) is 6.07 Å². The normalized spacial score (nSPS) is 26.4. The van der Waals surface area contributed by atoms with E-state index in [9.17, 15) is 4.39 Å². The Hall–Kier alpha value is -2.16. The molecule has 2 aliphatic rings. The molecule has 0 bridgehead atoms.